The number of nitrogens with two attached hydrogens (primary N) is 1. The van der Waals surface area contributed by atoms with Crippen LogP contribution < -0.4 is 5.73 Å². The number of hydrogen-bond donors (Lipinski definition) is 2. The van der Waals surface area contributed by atoms with E-state index in [2.05, 4.69) is 71.7 Å². The van der Waals surface area contributed by atoms with Crippen molar-refractivity contribution in [2.24, 2.45) is 5.92 Å². The summed E-state index contributed by atoms with van der Waals surface area (Å²) >= 11 is 0. The molecule has 166 valence electrons. The molecule has 1 heterocycles. The molecule has 1 aromatic heterocycles. The molecular formula is C31H32N2. The minimum absolute atomic E-state index is 0.839. The maximum absolute atomic E-state index is 6.31. The summed E-state index contributed by atoms with van der Waals surface area (Å²) in [5.41, 5.74) is 18.0. The molecule has 0 atom stereocenters. The fraction of sp³-hybridized carbons (Fsp3) is 0.290. The Kier molecular flexibility index (Phi) is 5.30. The number of hydrogen-bond acceptors (Lipinski definition) is 1. The van der Waals surface area contributed by atoms with Crippen LogP contribution in [0.25, 0.3) is 22.0 Å². The molecule has 33 heavy (non-hydrogen) atoms. The van der Waals surface area contributed by atoms with Gasteiger partial charge in [-0.05, 0) is 106 Å². The van der Waals surface area contributed by atoms with Crippen molar-refractivity contribution in [3.05, 3.63) is 101 Å². The molecule has 0 saturated heterocycles. The van der Waals surface area contributed by atoms with Gasteiger partial charge in [0.15, 0.2) is 0 Å². The van der Waals surface area contributed by atoms with Gasteiger partial charge in [-0.25, -0.2) is 0 Å². The normalized spacial score (nSPS) is 16.8. The molecule has 3 N–H and O–H groups in total. The number of aromatic amines is 1. The lowest BCUT2D eigenvalue weighted by atomic mass is 9.86. The number of aromatic nitrogens is 1. The van der Waals surface area contributed by atoms with Crippen molar-refractivity contribution in [1.29, 1.82) is 0 Å². The first-order valence-electron chi connectivity index (χ1n) is 12.5. The van der Waals surface area contributed by atoms with Gasteiger partial charge in [-0.15, -0.1) is 0 Å². The summed E-state index contributed by atoms with van der Waals surface area (Å²) in [6.45, 7) is 0. The lowest BCUT2D eigenvalue weighted by molar-refractivity contribution is 0.546. The summed E-state index contributed by atoms with van der Waals surface area (Å²) in [4.78, 5) is 3.33. The van der Waals surface area contributed by atoms with Crippen LogP contribution in [-0.2, 0) is 12.8 Å². The zero-order valence-electron chi connectivity index (χ0n) is 19.2. The van der Waals surface area contributed by atoms with E-state index in [0.717, 1.165) is 30.9 Å². The van der Waals surface area contributed by atoms with Gasteiger partial charge in [-0.3, -0.25) is 0 Å². The summed E-state index contributed by atoms with van der Waals surface area (Å²) < 4.78 is 0. The lowest BCUT2D eigenvalue weighted by Crippen LogP contribution is -2.00. The average Bonchev–Trinajstić information content (AvgIpc) is 3.48. The molecule has 0 aliphatic heterocycles. The topological polar surface area (TPSA) is 41.8 Å². The first kappa shape index (κ1) is 20.4. The Labute approximate surface area is 196 Å². The van der Waals surface area contributed by atoms with Gasteiger partial charge in [-0.2, -0.15) is 0 Å². The molecule has 4 aromatic rings. The summed E-state index contributed by atoms with van der Waals surface area (Å²) in [6, 6.07) is 24.9. The maximum atomic E-state index is 6.31. The van der Waals surface area contributed by atoms with Gasteiger partial charge in [0.25, 0.3) is 0 Å². The first-order chi connectivity index (χ1) is 16.2. The number of allylic oxidation sites excluding steroid dienone is 1. The van der Waals surface area contributed by atoms with E-state index in [4.69, 9.17) is 5.73 Å². The van der Waals surface area contributed by atoms with Gasteiger partial charge in [0.2, 0.25) is 0 Å². The largest absolute Gasteiger partial charge is 0.399 e. The van der Waals surface area contributed by atoms with Crippen LogP contribution in [0.2, 0.25) is 0 Å². The van der Waals surface area contributed by atoms with Crippen LogP contribution in [0.3, 0.4) is 0 Å². The van der Waals surface area contributed by atoms with Crippen molar-refractivity contribution in [2.45, 2.75) is 51.4 Å². The zero-order valence-corrected chi connectivity index (χ0v) is 19.2. The quantitative estimate of drug-likeness (QED) is 0.318. The summed E-state index contributed by atoms with van der Waals surface area (Å²) in [5, 5.41) is 1.27. The summed E-state index contributed by atoms with van der Waals surface area (Å²) in [7, 11) is 0. The van der Waals surface area contributed by atoms with Gasteiger partial charge in [-0.1, -0.05) is 62.1 Å². The van der Waals surface area contributed by atoms with Crippen LogP contribution in [0.15, 0.2) is 72.9 Å². The number of anilines is 1. The number of nitrogens with one attached hydrogen (secondary N) is 1. The van der Waals surface area contributed by atoms with Crippen LogP contribution in [-0.4, -0.2) is 4.98 Å². The highest BCUT2D eigenvalue weighted by molar-refractivity contribution is 6.01. The third kappa shape index (κ3) is 3.99. The Morgan fingerprint density at radius 1 is 0.788 bits per heavy atom. The smallest absolute Gasteiger partial charge is 0.0454 e. The molecule has 2 aliphatic carbocycles. The van der Waals surface area contributed by atoms with E-state index in [1.54, 1.807) is 0 Å². The lowest BCUT2D eigenvalue weighted by Gasteiger charge is -2.18. The van der Waals surface area contributed by atoms with Crippen molar-refractivity contribution in [1.82, 2.24) is 4.98 Å². The monoisotopic (exact) mass is 432 g/mol. The predicted octanol–water partition coefficient (Wildman–Crippen LogP) is 7.78. The number of rotatable bonds is 4. The number of H-pyrrole nitrogens is 1. The number of aryl methyl sites for hydroxylation is 1. The molecule has 2 aliphatic rings. The molecule has 2 heteroatoms. The van der Waals surface area contributed by atoms with E-state index in [9.17, 15) is 0 Å². The van der Waals surface area contributed by atoms with Crippen molar-refractivity contribution in [3.63, 3.8) is 0 Å². The second-order valence-corrected chi connectivity index (χ2v) is 9.95. The molecule has 6 rings (SSSR count). The van der Waals surface area contributed by atoms with Crippen molar-refractivity contribution in [2.75, 3.05) is 5.73 Å². The molecule has 0 unspecified atom stereocenters. The molecule has 0 radical (unpaired) electrons. The Morgan fingerprint density at radius 3 is 2.45 bits per heavy atom. The van der Waals surface area contributed by atoms with Gasteiger partial charge >= 0.3 is 0 Å². The Balaban J connectivity index is 1.49. The van der Waals surface area contributed by atoms with Gasteiger partial charge < -0.3 is 10.7 Å². The van der Waals surface area contributed by atoms with E-state index >= 15 is 0 Å². The van der Waals surface area contributed by atoms with Crippen molar-refractivity contribution < 1.29 is 0 Å². The predicted molar refractivity (Wildman–Crippen MR) is 140 cm³/mol. The highest BCUT2D eigenvalue weighted by Crippen LogP contribution is 2.41. The molecule has 0 amide bonds. The van der Waals surface area contributed by atoms with E-state index in [1.165, 1.54) is 82.0 Å². The molecule has 2 nitrogen and oxygen atoms in total. The summed E-state index contributed by atoms with van der Waals surface area (Å²) in [5.74, 6) is 0.872. The van der Waals surface area contributed by atoms with Crippen LogP contribution in [0.4, 0.5) is 5.69 Å². The third-order valence-electron chi connectivity index (χ3n) is 7.72. The minimum atomic E-state index is 0.839. The fourth-order valence-electron chi connectivity index (χ4n) is 6.00. The Morgan fingerprint density at radius 2 is 1.61 bits per heavy atom. The maximum Gasteiger partial charge on any atom is 0.0454 e. The fourth-order valence-corrected chi connectivity index (χ4v) is 6.00. The highest BCUT2D eigenvalue weighted by atomic mass is 14.7. The van der Waals surface area contributed by atoms with Gasteiger partial charge in [0.05, 0.1) is 0 Å². The molecule has 0 bridgehead atoms. The SMILES string of the molecule is Nc1ccc2c(c1)C(c1ccc(CC3CCCC3)cc1)=C(c1ccc3[nH]ccc3c1)CCC2. The van der Waals surface area contributed by atoms with Crippen LogP contribution >= 0.6 is 0 Å². The zero-order chi connectivity index (χ0) is 22.2. The third-order valence-corrected chi connectivity index (χ3v) is 7.72. The van der Waals surface area contributed by atoms with Crippen LogP contribution in [0.5, 0.6) is 0 Å². The second kappa shape index (κ2) is 8.59. The molecule has 3 aromatic carbocycles. The first-order valence-corrected chi connectivity index (χ1v) is 12.5. The van der Waals surface area contributed by atoms with Gasteiger partial charge in [0.1, 0.15) is 0 Å². The summed E-state index contributed by atoms with van der Waals surface area (Å²) in [6.07, 6.45) is 12.2. The standard InChI is InChI=1S/C31H32N2/c32-27-14-12-23-6-3-7-28(25-13-15-30-26(19-25)16-17-33-30)31(29(23)20-27)24-10-8-22(9-11-24)18-21-4-1-2-5-21/h8-17,19-21,33H,1-7,18,32H2. The molecular weight excluding hydrogens is 400 g/mol. The van der Waals surface area contributed by atoms with Crippen molar-refractivity contribution in [3.8, 4) is 0 Å². The Bertz CT molecular complexity index is 1320. The molecule has 0 spiro atoms. The number of fused-ring (bicyclic) bond motifs is 2. The van der Waals surface area contributed by atoms with Gasteiger partial charge in [0, 0.05) is 17.4 Å². The van der Waals surface area contributed by atoms with Crippen LogP contribution in [0.1, 0.15) is 66.3 Å². The van der Waals surface area contributed by atoms with E-state index in [1.807, 2.05) is 6.20 Å². The van der Waals surface area contributed by atoms with Crippen LogP contribution in [0, 0.1) is 5.92 Å². The number of nitrogen functional groups attached to an aromatic ring is 1. The minimum Gasteiger partial charge on any atom is -0.399 e. The Hall–Kier alpha value is -3.26. The molecule has 1 saturated carbocycles. The molecule has 1 fully saturated rings. The second-order valence-electron chi connectivity index (χ2n) is 9.95. The number of benzene rings is 3. The van der Waals surface area contributed by atoms with Crippen molar-refractivity contribution >= 4 is 27.7 Å². The highest BCUT2D eigenvalue weighted by Gasteiger charge is 2.21. The van der Waals surface area contributed by atoms with E-state index in [0.29, 0.717) is 0 Å². The van der Waals surface area contributed by atoms with E-state index in [-0.39, 0.29) is 0 Å². The van der Waals surface area contributed by atoms with E-state index < -0.39 is 0 Å². The average molecular weight is 433 g/mol.